The van der Waals surface area contributed by atoms with E-state index in [-0.39, 0.29) is 5.60 Å². The summed E-state index contributed by atoms with van der Waals surface area (Å²) in [6.45, 7) is 7.25. The average molecular weight is 364 g/mol. The van der Waals surface area contributed by atoms with Gasteiger partial charge < -0.3 is 24.8 Å². The topological polar surface area (TPSA) is 64.1 Å². The summed E-state index contributed by atoms with van der Waals surface area (Å²) in [5, 5.41) is 6.74. The Balaban J connectivity index is 1.74. The zero-order valence-corrected chi connectivity index (χ0v) is 16.6. The molecule has 6 heteroatoms. The van der Waals surface area contributed by atoms with Crippen molar-refractivity contribution in [2.45, 2.75) is 45.1 Å². The number of aryl methyl sites for hydroxylation is 1. The molecular formula is C20H33N3O3. The largest absolute Gasteiger partial charge is 0.493 e. The molecule has 2 rings (SSSR count). The maximum Gasteiger partial charge on any atom is 0.191 e. The molecule has 0 aromatic heterocycles. The van der Waals surface area contributed by atoms with Gasteiger partial charge in [0.1, 0.15) is 0 Å². The van der Waals surface area contributed by atoms with Gasteiger partial charge in [-0.1, -0.05) is 6.07 Å². The Morgan fingerprint density at radius 2 is 2.15 bits per heavy atom. The fourth-order valence-corrected chi connectivity index (χ4v) is 3.11. The summed E-state index contributed by atoms with van der Waals surface area (Å²) in [7, 11) is 3.46. The molecule has 0 spiro atoms. The molecule has 1 atom stereocenters. The molecule has 1 aliphatic heterocycles. The Morgan fingerprint density at radius 1 is 1.31 bits per heavy atom. The van der Waals surface area contributed by atoms with Gasteiger partial charge in [-0.05, 0) is 57.2 Å². The molecule has 26 heavy (non-hydrogen) atoms. The molecule has 1 unspecified atom stereocenters. The van der Waals surface area contributed by atoms with Crippen molar-refractivity contribution in [3.05, 3.63) is 23.8 Å². The van der Waals surface area contributed by atoms with Crippen LogP contribution in [0.15, 0.2) is 23.2 Å². The van der Waals surface area contributed by atoms with E-state index in [0.717, 1.165) is 62.8 Å². The zero-order chi connectivity index (χ0) is 18.8. The first kappa shape index (κ1) is 20.4. The van der Waals surface area contributed by atoms with Gasteiger partial charge >= 0.3 is 0 Å². The highest BCUT2D eigenvalue weighted by atomic mass is 16.5. The number of hydrogen-bond acceptors (Lipinski definition) is 4. The lowest BCUT2D eigenvalue weighted by molar-refractivity contribution is 0.0243. The number of aliphatic imine (C=N–C) groups is 1. The number of nitrogens with one attached hydrogen (secondary N) is 2. The monoisotopic (exact) mass is 363 g/mol. The van der Waals surface area contributed by atoms with E-state index in [9.17, 15) is 0 Å². The molecular weight excluding hydrogens is 330 g/mol. The average Bonchev–Trinajstić information content (AvgIpc) is 3.08. The number of guanidine groups is 1. The minimum atomic E-state index is -0.0730. The predicted octanol–water partition coefficient (Wildman–Crippen LogP) is 2.76. The fourth-order valence-electron chi connectivity index (χ4n) is 3.11. The van der Waals surface area contributed by atoms with Crippen LogP contribution in [0.1, 0.15) is 38.7 Å². The predicted molar refractivity (Wildman–Crippen MR) is 105 cm³/mol. The number of hydrogen-bond donors (Lipinski definition) is 2. The molecule has 146 valence electrons. The van der Waals surface area contributed by atoms with E-state index in [2.05, 4.69) is 34.7 Å². The van der Waals surface area contributed by atoms with Gasteiger partial charge in [0.25, 0.3) is 0 Å². The van der Waals surface area contributed by atoms with Crippen LogP contribution in [0.4, 0.5) is 0 Å². The molecule has 6 nitrogen and oxygen atoms in total. The summed E-state index contributed by atoms with van der Waals surface area (Å²) >= 11 is 0. The highest BCUT2D eigenvalue weighted by Gasteiger charge is 2.29. The third-order valence-electron chi connectivity index (χ3n) is 4.62. The van der Waals surface area contributed by atoms with Crippen LogP contribution < -0.4 is 20.1 Å². The second-order valence-corrected chi connectivity index (χ2v) is 6.78. The zero-order valence-electron chi connectivity index (χ0n) is 16.6. The van der Waals surface area contributed by atoms with E-state index in [1.165, 1.54) is 5.56 Å². The quantitative estimate of drug-likeness (QED) is 0.401. The Morgan fingerprint density at radius 3 is 2.81 bits per heavy atom. The highest BCUT2D eigenvalue weighted by molar-refractivity contribution is 5.79. The van der Waals surface area contributed by atoms with Gasteiger partial charge in [-0.3, -0.25) is 4.99 Å². The van der Waals surface area contributed by atoms with Gasteiger partial charge in [0.15, 0.2) is 17.5 Å². The van der Waals surface area contributed by atoms with Crippen LogP contribution in [0.3, 0.4) is 0 Å². The minimum Gasteiger partial charge on any atom is -0.493 e. The van der Waals surface area contributed by atoms with Crippen molar-refractivity contribution in [1.82, 2.24) is 10.6 Å². The van der Waals surface area contributed by atoms with Gasteiger partial charge in [-0.2, -0.15) is 0 Å². The number of rotatable bonds is 9. The van der Waals surface area contributed by atoms with Crippen molar-refractivity contribution in [3.8, 4) is 11.5 Å². The maximum atomic E-state index is 5.80. The van der Waals surface area contributed by atoms with E-state index >= 15 is 0 Å². The van der Waals surface area contributed by atoms with Crippen LogP contribution in [0, 0.1) is 0 Å². The number of nitrogens with zero attached hydrogens (tertiary/aromatic N) is 1. The van der Waals surface area contributed by atoms with E-state index < -0.39 is 0 Å². The first-order valence-electron chi connectivity index (χ1n) is 9.48. The van der Waals surface area contributed by atoms with Crippen LogP contribution in [0.25, 0.3) is 0 Å². The standard InChI is InChI=1S/C20H33N3O3/c1-5-25-18-14-16(9-10-17(18)24-4)8-6-12-22-19(21-3)23-15-20(2)11-7-13-26-20/h9-10,14H,5-8,11-13,15H2,1-4H3,(H2,21,22,23). The first-order valence-corrected chi connectivity index (χ1v) is 9.48. The molecule has 1 aromatic rings. The highest BCUT2D eigenvalue weighted by Crippen LogP contribution is 2.28. The number of benzene rings is 1. The summed E-state index contributed by atoms with van der Waals surface area (Å²) in [6.07, 6.45) is 4.20. The van der Waals surface area contributed by atoms with Crippen molar-refractivity contribution < 1.29 is 14.2 Å². The third kappa shape index (κ3) is 6.09. The van der Waals surface area contributed by atoms with E-state index in [1.54, 1.807) is 14.2 Å². The van der Waals surface area contributed by atoms with Crippen molar-refractivity contribution in [3.63, 3.8) is 0 Å². The molecule has 0 aliphatic carbocycles. The van der Waals surface area contributed by atoms with Crippen LogP contribution in [-0.4, -0.2) is 52.0 Å². The van der Waals surface area contributed by atoms with Gasteiger partial charge in [0, 0.05) is 26.7 Å². The summed E-state index contributed by atoms with van der Waals surface area (Å²) in [5.41, 5.74) is 1.17. The summed E-state index contributed by atoms with van der Waals surface area (Å²) < 4.78 is 16.8. The van der Waals surface area contributed by atoms with Crippen LogP contribution in [0.2, 0.25) is 0 Å². The SMILES string of the molecule is CCOc1cc(CCCNC(=NC)NCC2(C)CCCO2)ccc1OC. The molecule has 1 fully saturated rings. The van der Waals surface area contributed by atoms with E-state index in [1.807, 2.05) is 13.0 Å². The Bertz CT molecular complexity index is 584. The normalized spacial score (nSPS) is 20.1. The Hall–Kier alpha value is -1.95. The molecule has 1 aliphatic rings. The van der Waals surface area contributed by atoms with Crippen molar-refractivity contribution in [2.24, 2.45) is 4.99 Å². The summed E-state index contributed by atoms with van der Waals surface area (Å²) in [6, 6.07) is 6.12. The minimum absolute atomic E-state index is 0.0730. The van der Waals surface area contributed by atoms with E-state index in [4.69, 9.17) is 14.2 Å². The lowest BCUT2D eigenvalue weighted by atomic mass is 10.0. The first-order chi connectivity index (χ1) is 12.6. The van der Waals surface area contributed by atoms with Crippen molar-refractivity contribution >= 4 is 5.96 Å². The summed E-state index contributed by atoms with van der Waals surface area (Å²) in [5.74, 6) is 2.41. The molecule has 0 radical (unpaired) electrons. The van der Waals surface area contributed by atoms with Crippen LogP contribution in [-0.2, 0) is 11.2 Å². The molecule has 0 bridgehead atoms. The maximum absolute atomic E-state index is 5.80. The number of methoxy groups -OCH3 is 1. The molecule has 1 aromatic carbocycles. The third-order valence-corrected chi connectivity index (χ3v) is 4.62. The van der Waals surface area contributed by atoms with Gasteiger partial charge in [0.05, 0.1) is 19.3 Å². The molecule has 0 saturated carbocycles. The summed E-state index contributed by atoms with van der Waals surface area (Å²) in [4.78, 5) is 4.29. The fraction of sp³-hybridized carbons (Fsp3) is 0.650. The van der Waals surface area contributed by atoms with Crippen molar-refractivity contribution in [2.75, 3.05) is 40.5 Å². The molecule has 2 N–H and O–H groups in total. The Labute approximate surface area is 157 Å². The lowest BCUT2D eigenvalue weighted by Gasteiger charge is -2.24. The molecule has 1 heterocycles. The number of ether oxygens (including phenoxy) is 3. The van der Waals surface area contributed by atoms with Crippen LogP contribution >= 0.6 is 0 Å². The van der Waals surface area contributed by atoms with Crippen molar-refractivity contribution in [1.29, 1.82) is 0 Å². The lowest BCUT2D eigenvalue weighted by Crippen LogP contribution is -2.45. The van der Waals surface area contributed by atoms with Gasteiger partial charge in [-0.25, -0.2) is 0 Å². The Kier molecular flexibility index (Phi) is 8.04. The van der Waals surface area contributed by atoms with Crippen LogP contribution in [0.5, 0.6) is 11.5 Å². The second-order valence-electron chi connectivity index (χ2n) is 6.78. The van der Waals surface area contributed by atoms with Gasteiger partial charge in [0.2, 0.25) is 0 Å². The van der Waals surface area contributed by atoms with E-state index in [0.29, 0.717) is 6.61 Å². The second kappa shape index (κ2) is 10.3. The smallest absolute Gasteiger partial charge is 0.191 e. The molecule has 0 amide bonds. The molecule has 1 saturated heterocycles. The van der Waals surface area contributed by atoms with Gasteiger partial charge in [-0.15, -0.1) is 0 Å².